The minimum absolute atomic E-state index is 0.606. The Morgan fingerprint density at radius 1 is 1.15 bits per heavy atom. The lowest BCUT2D eigenvalue weighted by Gasteiger charge is -2.25. The summed E-state index contributed by atoms with van der Waals surface area (Å²) in [7, 11) is 0. The standard InChI is InChI=1S/C16H25NO3/c1-3-16(18,4-2)12-17-11-13-6-7-14-15(10-13)20-9-5-8-19-14/h6-7,10,17-18H,3-5,8-9,11-12H2,1-2H3. The smallest absolute Gasteiger partial charge is 0.161 e. The van der Waals surface area contributed by atoms with Crippen molar-refractivity contribution in [3.63, 3.8) is 0 Å². The van der Waals surface area contributed by atoms with Gasteiger partial charge in [-0.25, -0.2) is 0 Å². The summed E-state index contributed by atoms with van der Waals surface area (Å²) >= 11 is 0. The zero-order chi connectivity index (χ0) is 14.4. The fourth-order valence-corrected chi connectivity index (χ4v) is 2.26. The second-order valence-corrected chi connectivity index (χ2v) is 5.37. The van der Waals surface area contributed by atoms with Crippen molar-refractivity contribution >= 4 is 0 Å². The van der Waals surface area contributed by atoms with Crippen molar-refractivity contribution < 1.29 is 14.6 Å². The summed E-state index contributed by atoms with van der Waals surface area (Å²) in [6, 6.07) is 6.02. The Labute approximate surface area is 121 Å². The van der Waals surface area contributed by atoms with Crippen LogP contribution in [0, 0.1) is 0 Å². The molecule has 112 valence electrons. The van der Waals surface area contributed by atoms with Crippen LogP contribution in [-0.4, -0.2) is 30.5 Å². The average molecular weight is 279 g/mol. The maximum Gasteiger partial charge on any atom is 0.161 e. The molecule has 2 rings (SSSR count). The van der Waals surface area contributed by atoms with Crippen molar-refractivity contribution in [1.29, 1.82) is 0 Å². The van der Waals surface area contributed by atoms with Gasteiger partial charge in [0.1, 0.15) is 0 Å². The van der Waals surface area contributed by atoms with E-state index < -0.39 is 5.60 Å². The highest BCUT2D eigenvalue weighted by Crippen LogP contribution is 2.30. The number of nitrogens with one attached hydrogen (secondary N) is 1. The van der Waals surface area contributed by atoms with E-state index in [-0.39, 0.29) is 0 Å². The van der Waals surface area contributed by atoms with Gasteiger partial charge in [-0.3, -0.25) is 0 Å². The highest BCUT2D eigenvalue weighted by Gasteiger charge is 2.21. The third-order valence-corrected chi connectivity index (χ3v) is 3.91. The van der Waals surface area contributed by atoms with Crippen LogP contribution >= 0.6 is 0 Å². The lowest BCUT2D eigenvalue weighted by atomic mass is 9.97. The average Bonchev–Trinajstić information content (AvgIpc) is 2.72. The minimum Gasteiger partial charge on any atom is -0.490 e. The van der Waals surface area contributed by atoms with Crippen LogP contribution in [0.3, 0.4) is 0 Å². The van der Waals surface area contributed by atoms with E-state index in [4.69, 9.17) is 9.47 Å². The van der Waals surface area contributed by atoms with Crippen molar-refractivity contribution in [2.24, 2.45) is 0 Å². The van der Waals surface area contributed by atoms with Gasteiger partial charge < -0.3 is 19.9 Å². The first-order chi connectivity index (χ1) is 9.67. The molecular formula is C16H25NO3. The predicted molar refractivity (Wildman–Crippen MR) is 79.3 cm³/mol. The van der Waals surface area contributed by atoms with Crippen molar-refractivity contribution in [3.8, 4) is 11.5 Å². The zero-order valence-corrected chi connectivity index (χ0v) is 12.4. The zero-order valence-electron chi connectivity index (χ0n) is 12.4. The fraction of sp³-hybridized carbons (Fsp3) is 0.625. The van der Waals surface area contributed by atoms with Gasteiger partial charge in [0, 0.05) is 19.5 Å². The van der Waals surface area contributed by atoms with Crippen LogP contribution in [0.15, 0.2) is 18.2 Å². The van der Waals surface area contributed by atoms with Gasteiger partial charge in [0.15, 0.2) is 11.5 Å². The molecule has 0 saturated carbocycles. The van der Waals surface area contributed by atoms with Gasteiger partial charge in [0.05, 0.1) is 18.8 Å². The Bertz CT molecular complexity index is 430. The molecule has 4 nitrogen and oxygen atoms in total. The van der Waals surface area contributed by atoms with Crippen molar-refractivity contribution in [2.45, 2.75) is 45.3 Å². The molecular weight excluding hydrogens is 254 g/mol. The van der Waals surface area contributed by atoms with Crippen molar-refractivity contribution in [2.75, 3.05) is 19.8 Å². The Balaban J connectivity index is 1.92. The van der Waals surface area contributed by atoms with Gasteiger partial charge >= 0.3 is 0 Å². The van der Waals surface area contributed by atoms with Gasteiger partial charge in [0.25, 0.3) is 0 Å². The molecule has 0 aromatic heterocycles. The summed E-state index contributed by atoms with van der Waals surface area (Å²) in [5.74, 6) is 1.65. The molecule has 1 aliphatic rings. The monoisotopic (exact) mass is 279 g/mol. The first-order valence-corrected chi connectivity index (χ1v) is 7.48. The molecule has 0 radical (unpaired) electrons. The molecule has 1 aromatic rings. The summed E-state index contributed by atoms with van der Waals surface area (Å²) in [6.07, 6.45) is 2.44. The van der Waals surface area contributed by atoms with Gasteiger partial charge in [-0.2, -0.15) is 0 Å². The van der Waals surface area contributed by atoms with E-state index in [9.17, 15) is 5.11 Å². The fourth-order valence-electron chi connectivity index (χ4n) is 2.26. The first kappa shape index (κ1) is 15.1. The van der Waals surface area contributed by atoms with E-state index in [2.05, 4.69) is 5.32 Å². The minimum atomic E-state index is -0.606. The first-order valence-electron chi connectivity index (χ1n) is 7.48. The Kier molecular flexibility index (Phi) is 5.26. The summed E-state index contributed by atoms with van der Waals surface area (Å²) < 4.78 is 11.3. The number of rotatable bonds is 6. The predicted octanol–water partition coefficient (Wildman–Crippen LogP) is 2.49. The Morgan fingerprint density at radius 2 is 1.85 bits per heavy atom. The van der Waals surface area contributed by atoms with Crippen LogP contribution in [-0.2, 0) is 6.54 Å². The van der Waals surface area contributed by atoms with E-state index in [0.717, 1.165) is 42.9 Å². The van der Waals surface area contributed by atoms with E-state index in [0.29, 0.717) is 19.8 Å². The summed E-state index contributed by atoms with van der Waals surface area (Å²) in [5.41, 5.74) is 0.537. The second kappa shape index (κ2) is 6.95. The SMILES string of the molecule is CCC(O)(CC)CNCc1ccc2c(c1)OCCCO2. The maximum atomic E-state index is 10.2. The summed E-state index contributed by atoms with van der Waals surface area (Å²) in [4.78, 5) is 0. The largest absolute Gasteiger partial charge is 0.490 e. The molecule has 0 spiro atoms. The molecule has 1 aliphatic heterocycles. The Hall–Kier alpha value is -1.26. The van der Waals surface area contributed by atoms with Crippen LogP contribution in [0.25, 0.3) is 0 Å². The second-order valence-electron chi connectivity index (χ2n) is 5.37. The molecule has 4 heteroatoms. The van der Waals surface area contributed by atoms with Crippen LogP contribution in [0.4, 0.5) is 0 Å². The molecule has 0 atom stereocenters. The molecule has 0 fully saturated rings. The molecule has 2 N–H and O–H groups in total. The lowest BCUT2D eigenvalue weighted by molar-refractivity contribution is 0.0323. The molecule has 1 heterocycles. The molecule has 1 aromatic carbocycles. The normalized spacial score (nSPS) is 14.9. The lowest BCUT2D eigenvalue weighted by Crippen LogP contribution is -2.39. The van der Waals surface area contributed by atoms with Crippen LogP contribution in [0.5, 0.6) is 11.5 Å². The molecule has 0 amide bonds. The van der Waals surface area contributed by atoms with Gasteiger partial charge in [-0.1, -0.05) is 19.9 Å². The number of fused-ring (bicyclic) bond motifs is 1. The van der Waals surface area contributed by atoms with Crippen LogP contribution in [0.1, 0.15) is 38.7 Å². The topological polar surface area (TPSA) is 50.7 Å². The summed E-state index contributed by atoms with van der Waals surface area (Å²) in [5, 5.41) is 13.5. The molecule has 20 heavy (non-hydrogen) atoms. The molecule has 0 saturated heterocycles. The van der Waals surface area contributed by atoms with E-state index in [1.807, 2.05) is 32.0 Å². The molecule has 0 unspecified atom stereocenters. The van der Waals surface area contributed by atoms with Crippen molar-refractivity contribution in [3.05, 3.63) is 23.8 Å². The van der Waals surface area contributed by atoms with Gasteiger partial charge in [-0.15, -0.1) is 0 Å². The number of hydrogen-bond donors (Lipinski definition) is 2. The maximum absolute atomic E-state index is 10.2. The van der Waals surface area contributed by atoms with Gasteiger partial charge in [-0.05, 0) is 30.5 Å². The Morgan fingerprint density at radius 3 is 2.55 bits per heavy atom. The number of aliphatic hydroxyl groups is 1. The van der Waals surface area contributed by atoms with E-state index in [1.165, 1.54) is 0 Å². The van der Waals surface area contributed by atoms with E-state index in [1.54, 1.807) is 0 Å². The highest BCUT2D eigenvalue weighted by molar-refractivity contribution is 5.43. The van der Waals surface area contributed by atoms with Crippen LogP contribution in [0.2, 0.25) is 0 Å². The number of hydrogen-bond acceptors (Lipinski definition) is 4. The molecule has 0 bridgehead atoms. The summed E-state index contributed by atoms with van der Waals surface area (Å²) in [6.45, 7) is 6.77. The van der Waals surface area contributed by atoms with Gasteiger partial charge in [0.2, 0.25) is 0 Å². The van der Waals surface area contributed by atoms with E-state index >= 15 is 0 Å². The number of ether oxygens (including phenoxy) is 2. The number of benzene rings is 1. The third kappa shape index (κ3) is 3.87. The van der Waals surface area contributed by atoms with Crippen molar-refractivity contribution in [1.82, 2.24) is 5.32 Å². The third-order valence-electron chi connectivity index (χ3n) is 3.91. The molecule has 0 aliphatic carbocycles. The quantitative estimate of drug-likeness (QED) is 0.840. The highest BCUT2D eigenvalue weighted by atomic mass is 16.5. The van der Waals surface area contributed by atoms with Crippen LogP contribution < -0.4 is 14.8 Å².